The lowest BCUT2D eigenvalue weighted by Crippen LogP contribution is -2.09. The summed E-state index contributed by atoms with van der Waals surface area (Å²) < 4.78 is 5.86. The quantitative estimate of drug-likeness (QED) is 0.694. The third-order valence-corrected chi connectivity index (χ3v) is 3.54. The number of fused-ring (bicyclic) bond motifs is 1. The molecule has 4 heteroatoms. The lowest BCUT2D eigenvalue weighted by molar-refractivity contribution is 0.0506. The summed E-state index contributed by atoms with van der Waals surface area (Å²) in [6.45, 7) is 2.36. The fraction of sp³-hybridized carbons (Fsp3) is 0.214. The number of hydrogen-bond donors (Lipinski definition) is 1. The molecule has 0 aromatic heterocycles. The standard InChI is InChI=1S/C14H14BrNO2/c1-2-7-18-14(17)11-8-9-5-3-4-6-10(9)12(15)13(11)16/h3-6,8H,2,7,16H2,1H3. The highest BCUT2D eigenvalue weighted by atomic mass is 79.9. The van der Waals surface area contributed by atoms with Gasteiger partial charge < -0.3 is 10.5 Å². The molecule has 0 heterocycles. The number of hydrogen-bond acceptors (Lipinski definition) is 3. The van der Waals surface area contributed by atoms with Crippen molar-refractivity contribution in [3.63, 3.8) is 0 Å². The molecule has 18 heavy (non-hydrogen) atoms. The normalized spacial score (nSPS) is 10.6. The Balaban J connectivity index is 2.51. The molecule has 0 saturated heterocycles. The second kappa shape index (κ2) is 5.40. The smallest absolute Gasteiger partial charge is 0.340 e. The first kappa shape index (κ1) is 12.9. The Morgan fingerprint density at radius 2 is 2.11 bits per heavy atom. The van der Waals surface area contributed by atoms with Gasteiger partial charge in [0.25, 0.3) is 0 Å². The van der Waals surface area contributed by atoms with E-state index in [0.29, 0.717) is 17.9 Å². The van der Waals surface area contributed by atoms with Crippen molar-refractivity contribution in [1.29, 1.82) is 0 Å². The lowest BCUT2D eigenvalue weighted by Gasteiger charge is -2.10. The van der Waals surface area contributed by atoms with Crippen molar-refractivity contribution in [3.8, 4) is 0 Å². The Morgan fingerprint density at radius 3 is 2.83 bits per heavy atom. The van der Waals surface area contributed by atoms with Crippen LogP contribution in [0.5, 0.6) is 0 Å². The van der Waals surface area contributed by atoms with E-state index in [1.165, 1.54) is 0 Å². The molecular weight excluding hydrogens is 294 g/mol. The third-order valence-electron chi connectivity index (χ3n) is 2.68. The Bertz CT molecular complexity index is 596. The largest absolute Gasteiger partial charge is 0.462 e. The van der Waals surface area contributed by atoms with Gasteiger partial charge in [-0.15, -0.1) is 0 Å². The zero-order chi connectivity index (χ0) is 13.1. The van der Waals surface area contributed by atoms with Crippen LogP contribution in [-0.4, -0.2) is 12.6 Å². The molecule has 2 N–H and O–H groups in total. The molecule has 0 radical (unpaired) electrons. The number of esters is 1. The van der Waals surface area contributed by atoms with Gasteiger partial charge in [-0.25, -0.2) is 4.79 Å². The molecule has 0 saturated carbocycles. The van der Waals surface area contributed by atoms with E-state index < -0.39 is 0 Å². The number of benzene rings is 2. The van der Waals surface area contributed by atoms with Crippen LogP contribution in [0.2, 0.25) is 0 Å². The number of rotatable bonds is 3. The highest BCUT2D eigenvalue weighted by molar-refractivity contribution is 9.10. The fourth-order valence-electron chi connectivity index (χ4n) is 1.76. The van der Waals surface area contributed by atoms with Crippen molar-refractivity contribution in [2.75, 3.05) is 12.3 Å². The van der Waals surface area contributed by atoms with E-state index in [4.69, 9.17) is 10.5 Å². The summed E-state index contributed by atoms with van der Waals surface area (Å²) in [5.74, 6) is -0.374. The average Bonchev–Trinajstić information content (AvgIpc) is 2.40. The van der Waals surface area contributed by atoms with Crippen LogP contribution >= 0.6 is 15.9 Å². The molecule has 2 aromatic rings. The summed E-state index contributed by atoms with van der Waals surface area (Å²) in [4.78, 5) is 11.9. The maximum Gasteiger partial charge on any atom is 0.340 e. The van der Waals surface area contributed by atoms with Gasteiger partial charge >= 0.3 is 5.97 Å². The van der Waals surface area contributed by atoms with Crippen LogP contribution in [0.15, 0.2) is 34.8 Å². The SMILES string of the molecule is CCCOC(=O)c1cc2ccccc2c(Br)c1N. The first-order valence-corrected chi connectivity index (χ1v) is 6.58. The van der Waals surface area contributed by atoms with Gasteiger partial charge in [0.05, 0.1) is 17.9 Å². The molecule has 94 valence electrons. The molecule has 0 atom stereocenters. The topological polar surface area (TPSA) is 52.3 Å². The van der Waals surface area contributed by atoms with Crippen LogP contribution in [0.3, 0.4) is 0 Å². The minimum atomic E-state index is -0.374. The summed E-state index contributed by atoms with van der Waals surface area (Å²) in [5.41, 5.74) is 6.81. The van der Waals surface area contributed by atoms with Crippen LogP contribution < -0.4 is 5.73 Å². The minimum Gasteiger partial charge on any atom is -0.462 e. The average molecular weight is 308 g/mol. The third kappa shape index (κ3) is 2.34. The molecule has 0 bridgehead atoms. The number of nitrogen functional groups attached to an aromatic ring is 1. The van der Waals surface area contributed by atoms with E-state index in [-0.39, 0.29) is 5.97 Å². The minimum absolute atomic E-state index is 0.374. The van der Waals surface area contributed by atoms with Crippen LogP contribution in [0, 0.1) is 0 Å². The van der Waals surface area contributed by atoms with Crippen molar-refractivity contribution in [1.82, 2.24) is 0 Å². The molecule has 2 rings (SSSR count). The molecule has 0 amide bonds. The van der Waals surface area contributed by atoms with E-state index in [1.807, 2.05) is 31.2 Å². The van der Waals surface area contributed by atoms with Crippen molar-refractivity contribution in [2.24, 2.45) is 0 Å². The van der Waals surface area contributed by atoms with Gasteiger partial charge in [0, 0.05) is 4.47 Å². The Kier molecular flexibility index (Phi) is 3.87. The van der Waals surface area contributed by atoms with Gasteiger partial charge in [0.15, 0.2) is 0 Å². The van der Waals surface area contributed by atoms with Crippen LogP contribution in [0.1, 0.15) is 23.7 Å². The van der Waals surface area contributed by atoms with Gasteiger partial charge in [-0.3, -0.25) is 0 Å². The first-order valence-electron chi connectivity index (χ1n) is 5.79. The van der Waals surface area contributed by atoms with Gasteiger partial charge in [0.1, 0.15) is 0 Å². The highest BCUT2D eigenvalue weighted by Gasteiger charge is 2.15. The van der Waals surface area contributed by atoms with Crippen LogP contribution in [0.25, 0.3) is 10.8 Å². The molecular formula is C14H14BrNO2. The second-order valence-corrected chi connectivity index (χ2v) is 4.80. The summed E-state index contributed by atoms with van der Waals surface area (Å²) in [7, 11) is 0. The first-order chi connectivity index (χ1) is 8.65. The van der Waals surface area contributed by atoms with Crippen LogP contribution in [-0.2, 0) is 4.74 Å². The van der Waals surface area contributed by atoms with Gasteiger partial charge in [-0.05, 0) is 39.2 Å². The van der Waals surface area contributed by atoms with E-state index in [9.17, 15) is 4.79 Å². The highest BCUT2D eigenvalue weighted by Crippen LogP contribution is 2.33. The maximum absolute atomic E-state index is 11.9. The zero-order valence-corrected chi connectivity index (χ0v) is 11.7. The number of carbonyl (C=O) groups is 1. The second-order valence-electron chi connectivity index (χ2n) is 4.01. The summed E-state index contributed by atoms with van der Waals surface area (Å²) >= 11 is 3.44. The maximum atomic E-state index is 11.9. The zero-order valence-electron chi connectivity index (χ0n) is 10.1. The van der Waals surface area contributed by atoms with Gasteiger partial charge in [-0.1, -0.05) is 31.2 Å². The van der Waals surface area contributed by atoms with Gasteiger partial charge in [0.2, 0.25) is 0 Å². The molecule has 0 aliphatic carbocycles. The molecule has 2 aromatic carbocycles. The van der Waals surface area contributed by atoms with E-state index >= 15 is 0 Å². The summed E-state index contributed by atoms with van der Waals surface area (Å²) in [5, 5.41) is 1.95. The Morgan fingerprint density at radius 1 is 1.39 bits per heavy atom. The predicted molar refractivity (Wildman–Crippen MR) is 76.6 cm³/mol. The van der Waals surface area contributed by atoms with Crippen molar-refractivity contribution in [3.05, 3.63) is 40.4 Å². The molecule has 0 aliphatic heterocycles. The Labute approximate surface area is 114 Å². The summed E-state index contributed by atoms with van der Waals surface area (Å²) in [6, 6.07) is 9.52. The predicted octanol–water partition coefficient (Wildman–Crippen LogP) is 3.75. The Hall–Kier alpha value is -1.55. The van der Waals surface area contributed by atoms with Crippen molar-refractivity contribution < 1.29 is 9.53 Å². The molecule has 3 nitrogen and oxygen atoms in total. The molecule has 0 spiro atoms. The van der Waals surface area contributed by atoms with Gasteiger partial charge in [-0.2, -0.15) is 0 Å². The number of nitrogens with two attached hydrogens (primary N) is 1. The molecule has 0 aliphatic rings. The van der Waals surface area contributed by atoms with Crippen molar-refractivity contribution >= 4 is 38.4 Å². The van der Waals surface area contributed by atoms with Crippen molar-refractivity contribution in [2.45, 2.75) is 13.3 Å². The van der Waals surface area contributed by atoms with E-state index in [1.54, 1.807) is 6.07 Å². The lowest BCUT2D eigenvalue weighted by atomic mass is 10.1. The monoisotopic (exact) mass is 307 g/mol. The molecule has 0 unspecified atom stereocenters. The number of anilines is 1. The number of halogens is 1. The fourth-order valence-corrected chi connectivity index (χ4v) is 2.34. The molecule has 0 fully saturated rings. The van der Waals surface area contributed by atoms with Crippen LogP contribution in [0.4, 0.5) is 5.69 Å². The number of carbonyl (C=O) groups excluding carboxylic acids is 1. The summed E-state index contributed by atoms with van der Waals surface area (Å²) in [6.07, 6.45) is 0.792. The van der Waals surface area contributed by atoms with E-state index in [0.717, 1.165) is 21.7 Å². The van der Waals surface area contributed by atoms with E-state index in [2.05, 4.69) is 15.9 Å². The number of ether oxygens (including phenoxy) is 1.